The standard InChI is InChI=1S/C20H17IN2O4/c1-13(24)22-15-4-6-16(7-5-15)23-20(25)19-11-10-18(27-19)12-26-17-8-2-14(21)3-9-17/h2-11H,12H2,1H3,(H,22,24)(H,23,25). The van der Waals surface area contributed by atoms with Gasteiger partial charge in [0.1, 0.15) is 18.1 Å². The van der Waals surface area contributed by atoms with Crippen molar-refractivity contribution in [3.63, 3.8) is 0 Å². The van der Waals surface area contributed by atoms with Crippen molar-refractivity contribution in [1.29, 1.82) is 0 Å². The van der Waals surface area contributed by atoms with Crippen LogP contribution in [0.15, 0.2) is 65.1 Å². The van der Waals surface area contributed by atoms with Gasteiger partial charge < -0.3 is 19.8 Å². The van der Waals surface area contributed by atoms with Gasteiger partial charge in [-0.2, -0.15) is 0 Å². The molecular weight excluding hydrogens is 459 g/mol. The Morgan fingerprint density at radius 2 is 1.56 bits per heavy atom. The van der Waals surface area contributed by atoms with E-state index >= 15 is 0 Å². The van der Waals surface area contributed by atoms with Crippen LogP contribution < -0.4 is 15.4 Å². The minimum Gasteiger partial charge on any atom is -0.486 e. The van der Waals surface area contributed by atoms with Crippen LogP contribution in [-0.4, -0.2) is 11.8 Å². The predicted octanol–water partition coefficient (Wildman–Crippen LogP) is 4.67. The van der Waals surface area contributed by atoms with E-state index in [9.17, 15) is 9.59 Å². The average Bonchev–Trinajstić information content (AvgIpc) is 3.12. The molecule has 0 radical (unpaired) electrons. The molecule has 0 aliphatic carbocycles. The third-order valence-electron chi connectivity index (χ3n) is 3.54. The van der Waals surface area contributed by atoms with E-state index in [1.54, 1.807) is 36.4 Å². The Morgan fingerprint density at radius 1 is 0.926 bits per heavy atom. The van der Waals surface area contributed by atoms with E-state index < -0.39 is 0 Å². The number of hydrogen-bond acceptors (Lipinski definition) is 4. The number of anilines is 2. The molecule has 7 heteroatoms. The molecule has 2 aromatic carbocycles. The Labute approximate surface area is 170 Å². The van der Waals surface area contributed by atoms with Gasteiger partial charge in [-0.05, 0) is 83.3 Å². The Balaban J connectivity index is 1.56. The zero-order valence-electron chi connectivity index (χ0n) is 14.5. The minimum atomic E-state index is -0.359. The molecule has 0 fully saturated rings. The molecule has 3 rings (SSSR count). The lowest BCUT2D eigenvalue weighted by molar-refractivity contribution is -0.114. The molecule has 0 spiro atoms. The smallest absolute Gasteiger partial charge is 0.291 e. The highest BCUT2D eigenvalue weighted by molar-refractivity contribution is 14.1. The third kappa shape index (κ3) is 5.58. The third-order valence-corrected chi connectivity index (χ3v) is 4.26. The second kappa shape index (κ2) is 8.72. The number of ether oxygens (including phenoxy) is 1. The molecule has 2 N–H and O–H groups in total. The van der Waals surface area contributed by atoms with Crippen LogP contribution in [0.5, 0.6) is 5.75 Å². The first-order valence-electron chi connectivity index (χ1n) is 8.16. The van der Waals surface area contributed by atoms with Crippen LogP contribution in [0.3, 0.4) is 0 Å². The highest BCUT2D eigenvalue weighted by Gasteiger charge is 2.12. The molecule has 27 heavy (non-hydrogen) atoms. The van der Waals surface area contributed by atoms with E-state index in [1.807, 2.05) is 24.3 Å². The lowest BCUT2D eigenvalue weighted by Gasteiger charge is -2.06. The summed E-state index contributed by atoms with van der Waals surface area (Å²) in [5.74, 6) is 0.976. The van der Waals surface area contributed by atoms with Gasteiger partial charge in [-0.3, -0.25) is 9.59 Å². The lowest BCUT2D eigenvalue weighted by atomic mass is 10.2. The van der Waals surface area contributed by atoms with Crippen molar-refractivity contribution in [3.05, 3.63) is 75.8 Å². The van der Waals surface area contributed by atoms with Gasteiger partial charge in [-0.15, -0.1) is 0 Å². The quantitative estimate of drug-likeness (QED) is 0.507. The van der Waals surface area contributed by atoms with Gasteiger partial charge in [-0.1, -0.05) is 0 Å². The molecule has 138 valence electrons. The van der Waals surface area contributed by atoms with Crippen LogP contribution >= 0.6 is 22.6 Å². The number of halogens is 1. The van der Waals surface area contributed by atoms with Gasteiger partial charge in [-0.25, -0.2) is 0 Å². The predicted molar refractivity (Wildman–Crippen MR) is 111 cm³/mol. The molecule has 2 amide bonds. The number of nitrogens with one attached hydrogen (secondary N) is 2. The maximum Gasteiger partial charge on any atom is 0.291 e. The van der Waals surface area contributed by atoms with Gasteiger partial charge in [0, 0.05) is 21.9 Å². The van der Waals surface area contributed by atoms with Crippen molar-refractivity contribution in [2.45, 2.75) is 13.5 Å². The fourth-order valence-electron chi connectivity index (χ4n) is 2.30. The van der Waals surface area contributed by atoms with E-state index in [0.717, 1.165) is 9.32 Å². The fraction of sp³-hybridized carbons (Fsp3) is 0.100. The van der Waals surface area contributed by atoms with Crippen molar-refractivity contribution in [2.75, 3.05) is 10.6 Å². The van der Waals surface area contributed by atoms with Crippen LogP contribution in [0.4, 0.5) is 11.4 Å². The highest BCUT2D eigenvalue weighted by atomic mass is 127. The second-order valence-electron chi connectivity index (χ2n) is 5.72. The van der Waals surface area contributed by atoms with Crippen molar-refractivity contribution >= 4 is 45.8 Å². The Kier molecular flexibility index (Phi) is 6.12. The topological polar surface area (TPSA) is 80.6 Å². The molecule has 6 nitrogen and oxygen atoms in total. The summed E-state index contributed by atoms with van der Waals surface area (Å²) in [4.78, 5) is 23.3. The summed E-state index contributed by atoms with van der Waals surface area (Å²) in [5.41, 5.74) is 1.26. The molecule has 0 atom stereocenters. The monoisotopic (exact) mass is 476 g/mol. The van der Waals surface area contributed by atoms with Crippen LogP contribution in [0.25, 0.3) is 0 Å². The van der Waals surface area contributed by atoms with Crippen molar-refractivity contribution in [2.24, 2.45) is 0 Å². The number of hydrogen-bond donors (Lipinski definition) is 2. The molecule has 0 aliphatic heterocycles. The molecule has 0 saturated carbocycles. The number of benzene rings is 2. The summed E-state index contributed by atoms with van der Waals surface area (Å²) < 4.78 is 12.3. The zero-order chi connectivity index (χ0) is 19.2. The van der Waals surface area contributed by atoms with Gasteiger partial charge >= 0.3 is 0 Å². The van der Waals surface area contributed by atoms with Crippen LogP contribution in [0, 0.1) is 3.57 Å². The van der Waals surface area contributed by atoms with E-state index in [1.165, 1.54) is 6.92 Å². The second-order valence-corrected chi connectivity index (χ2v) is 6.97. The number of furan rings is 1. The van der Waals surface area contributed by atoms with E-state index in [4.69, 9.17) is 9.15 Å². The van der Waals surface area contributed by atoms with E-state index in [0.29, 0.717) is 17.1 Å². The minimum absolute atomic E-state index is 0.151. The maximum atomic E-state index is 12.3. The van der Waals surface area contributed by atoms with Crippen LogP contribution in [0.1, 0.15) is 23.2 Å². The maximum absolute atomic E-state index is 12.3. The van der Waals surface area contributed by atoms with Crippen LogP contribution in [-0.2, 0) is 11.4 Å². The van der Waals surface area contributed by atoms with Gasteiger partial charge in [0.2, 0.25) is 5.91 Å². The molecule has 0 bridgehead atoms. The average molecular weight is 476 g/mol. The molecule has 0 unspecified atom stereocenters. The largest absolute Gasteiger partial charge is 0.486 e. The SMILES string of the molecule is CC(=O)Nc1ccc(NC(=O)c2ccc(COc3ccc(I)cc3)o2)cc1. The van der Waals surface area contributed by atoms with Gasteiger partial charge in [0.15, 0.2) is 5.76 Å². The van der Waals surface area contributed by atoms with Crippen LogP contribution in [0.2, 0.25) is 0 Å². The lowest BCUT2D eigenvalue weighted by Crippen LogP contribution is -2.11. The summed E-state index contributed by atoms with van der Waals surface area (Å²) in [6.07, 6.45) is 0. The number of carbonyl (C=O) groups is 2. The van der Waals surface area contributed by atoms with E-state index in [2.05, 4.69) is 33.2 Å². The summed E-state index contributed by atoms with van der Waals surface area (Å²) >= 11 is 2.23. The molecule has 1 heterocycles. The molecular formula is C20H17IN2O4. The highest BCUT2D eigenvalue weighted by Crippen LogP contribution is 2.18. The van der Waals surface area contributed by atoms with Gasteiger partial charge in [0.05, 0.1) is 0 Å². The normalized spacial score (nSPS) is 10.3. The number of rotatable bonds is 6. The Bertz CT molecular complexity index is 933. The first-order chi connectivity index (χ1) is 13.0. The summed E-state index contributed by atoms with van der Waals surface area (Å²) in [6, 6.07) is 17.8. The molecule has 3 aromatic rings. The molecule has 0 aliphatic rings. The summed E-state index contributed by atoms with van der Waals surface area (Å²) in [7, 11) is 0. The van der Waals surface area contributed by atoms with Crippen molar-refractivity contribution in [3.8, 4) is 5.75 Å². The zero-order valence-corrected chi connectivity index (χ0v) is 16.6. The van der Waals surface area contributed by atoms with Crippen molar-refractivity contribution < 1.29 is 18.7 Å². The van der Waals surface area contributed by atoms with Crippen molar-refractivity contribution in [1.82, 2.24) is 0 Å². The number of carbonyl (C=O) groups excluding carboxylic acids is 2. The first kappa shape index (κ1) is 19.0. The Morgan fingerprint density at radius 3 is 2.19 bits per heavy atom. The summed E-state index contributed by atoms with van der Waals surface area (Å²) in [6.45, 7) is 1.67. The van der Waals surface area contributed by atoms with Gasteiger partial charge in [0.25, 0.3) is 5.91 Å². The molecule has 1 aromatic heterocycles. The van der Waals surface area contributed by atoms with E-state index in [-0.39, 0.29) is 24.2 Å². The Hall–Kier alpha value is -2.81. The first-order valence-corrected chi connectivity index (χ1v) is 9.23. The fourth-order valence-corrected chi connectivity index (χ4v) is 2.66. The summed E-state index contributed by atoms with van der Waals surface area (Å²) in [5, 5.41) is 5.41. The number of amides is 2. The molecule has 0 saturated heterocycles.